The molecule has 1 unspecified atom stereocenters. The van der Waals surface area contributed by atoms with Crippen molar-refractivity contribution in [3.8, 4) is 0 Å². The van der Waals surface area contributed by atoms with Crippen LogP contribution in [0.5, 0.6) is 0 Å². The molecule has 0 bridgehead atoms. The van der Waals surface area contributed by atoms with Gasteiger partial charge in [0, 0.05) is 18.6 Å². The summed E-state index contributed by atoms with van der Waals surface area (Å²) in [7, 11) is 1.88. The Morgan fingerprint density at radius 2 is 2.05 bits per heavy atom. The lowest BCUT2D eigenvalue weighted by molar-refractivity contribution is 0.665. The summed E-state index contributed by atoms with van der Waals surface area (Å²) in [4.78, 5) is 4.46. The van der Waals surface area contributed by atoms with Gasteiger partial charge >= 0.3 is 0 Å². The number of halogens is 1. The van der Waals surface area contributed by atoms with Crippen LogP contribution in [0, 0.1) is 0 Å². The number of hydrogen-bond acceptors (Lipinski definition) is 3. The SMILES string of the molecule is Cn1ncc(Br)c1C(N)c1nccc2ccccc12. The van der Waals surface area contributed by atoms with Gasteiger partial charge < -0.3 is 5.73 Å². The molecule has 4 nitrogen and oxygen atoms in total. The van der Waals surface area contributed by atoms with Crippen molar-refractivity contribution < 1.29 is 0 Å². The molecule has 3 rings (SSSR count). The number of nitrogens with two attached hydrogens (primary N) is 1. The third kappa shape index (κ3) is 2.05. The minimum absolute atomic E-state index is 0.312. The molecule has 0 amide bonds. The lowest BCUT2D eigenvalue weighted by atomic mass is 10.0. The van der Waals surface area contributed by atoms with Crippen molar-refractivity contribution in [1.29, 1.82) is 0 Å². The van der Waals surface area contributed by atoms with Gasteiger partial charge in [-0.1, -0.05) is 24.3 Å². The van der Waals surface area contributed by atoms with Crippen molar-refractivity contribution in [3.63, 3.8) is 0 Å². The fourth-order valence-corrected chi connectivity index (χ4v) is 2.89. The van der Waals surface area contributed by atoms with Gasteiger partial charge in [-0.25, -0.2) is 0 Å². The Hall–Kier alpha value is -1.72. The highest BCUT2D eigenvalue weighted by Gasteiger charge is 2.19. The van der Waals surface area contributed by atoms with E-state index in [9.17, 15) is 0 Å². The molecule has 0 aliphatic carbocycles. The number of hydrogen-bond donors (Lipinski definition) is 1. The van der Waals surface area contributed by atoms with Gasteiger partial charge in [0.15, 0.2) is 0 Å². The number of aromatic nitrogens is 3. The van der Waals surface area contributed by atoms with Crippen LogP contribution in [0.2, 0.25) is 0 Å². The summed E-state index contributed by atoms with van der Waals surface area (Å²) >= 11 is 3.49. The highest BCUT2D eigenvalue weighted by atomic mass is 79.9. The van der Waals surface area contributed by atoms with E-state index in [0.717, 1.165) is 26.6 Å². The Labute approximate surface area is 119 Å². The minimum Gasteiger partial charge on any atom is -0.318 e. The first-order valence-corrected chi connectivity index (χ1v) is 6.74. The summed E-state index contributed by atoms with van der Waals surface area (Å²) in [5, 5.41) is 6.42. The highest BCUT2D eigenvalue weighted by Crippen LogP contribution is 2.29. The van der Waals surface area contributed by atoms with Crippen LogP contribution in [0.1, 0.15) is 17.4 Å². The first-order chi connectivity index (χ1) is 9.18. The molecule has 2 aromatic heterocycles. The molecular weight excluding hydrogens is 304 g/mol. The summed E-state index contributed by atoms with van der Waals surface area (Å²) in [5.41, 5.74) is 8.16. The first-order valence-electron chi connectivity index (χ1n) is 5.95. The molecule has 0 radical (unpaired) electrons. The Kier molecular flexibility index (Phi) is 3.08. The molecule has 0 saturated carbocycles. The van der Waals surface area contributed by atoms with Crippen molar-refractivity contribution >= 4 is 26.7 Å². The molecule has 2 heterocycles. The van der Waals surface area contributed by atoms with Gasteiger partial charge in [0.25, 0.3) is 0 Å². The smallest absolute Gasteiger partial charge is 0.0914 e. The average Bonchev–Trinajstić information content (AvgIpc) is 2.77. The summed E-state index contributed by atoms with van der Waals surface area (Å²) in [5.74, 6) is 0. The molecule has 5 heteroatoms. The molecule has 0 spiro atoms. The third-order valence-corrected chi connectivity index (χ3v) is 3.84. The second kappa shape index (κ2) is 4.75. The maximum atomic E-state index is 6.38. The molecule has 1 atom stereocenters. The Bertz CT molecular complexity index is 710. The van der Waals surface area contributed by atoms with E-state index in [4.69, 9.17) is 5.73 Å². The van der Waals surface area contributed by atoms with Crippen LogP contribution in [0.25, 0.3) is 10.8 Å². The van der Waals surface area contributed by atoms with E-state index >= 15 is 0 Å². The largest absolute Gasteiger partial charge is 0.318 e. The van der Waals surface area contributed by atoms with Crippen LogP contribution in [-0.2, 0) is 7.05 Å². The fraction of sp³-hybridized carbons (Fsp3) is 0.143. The fourth-order valence-electron chi connectivity index (χ4n) is 2.29. The van der Waals surface area contributed by atoms with Gasteiger partial charge in [0.1, 0.15) is 0 Å². The van der Waals surface area contributed by atoms with Gasteiger partial charge in [-0.05, 0) is 27.4 Å². The van der Waals surface area contributed by atoms with Gasteiger partial charge in [-0.15, -0.1) is 0 Å². The van der Waals surface area contributed by atoms with E-state index in [0.29, 0.717) is 0 Å². The zero-order valence-electron chi connectivity index (χ0n) is 10.4. The van der Waals surface area contributed by atoms with Crippen LogP contribution in [0.3, 0.4) is 0 Å². The first kappa shape index (κ1) is 12.3. The average molecular weight is 317 g/mol. The van der Waals surface area contributed by atoms with Crippen molar-refractivity contribution in [3.05, 3.63) is 58.6 Å². The van der Waals surface area contributed by atoms with Crippen LogP contribution in [0.15, 0.2) is 47.2 Å². The lowest BCUT2D eigenvalue weighted by Crippen LogP contribution is -2.18. The van der Waals surface area contributed by atoms with E-state index in [1.54, 1.807) is 17.1 Å². The molecule has 3 aromatic rings. The number of rotatable bonds is 2. The van der Waals surface area contributed by atoms with Crippen LogP contribution < -0.4 is 5.73 Å². The molecular formula is C14H13BrN4. The summed E-state index contributed by atoms with van der Waals surface area (Å²) < 4.78 is 2.68. The van der Waals surface area contributed by atoms with Gasteiger partial charge in [-0.3, -0.25) is 9.67 Å². The Morgan fingerprint density at radius 3 is 2.79 bits per heavy atom. The summed E-state index contributed by atoms with van der Waals surface area (Å²) in [6.45, 7) is 0. The van der Waals surface area contributed by atoms with Gasteiger partial charge in [0.2, 0.25) is 0 Å². The molecule has 0 aliphatic rings. The predicted molar refractivity (Wildman–Crippen MR) is 78.7 cm³/mol. The van der Waals surface area contributed by atoms with E-state index < -0.39 is 0 Å². The quantitative estimate of drug-likeness (QED) is 0.791. The van der Waals surface area contributed by atoms with Crippen molar-refractivity contribution in [2.75, 3.05) is 0 Å². The molecule has 0 saturated heterocycles. The highest BCUT2D eigenvalue weighted by molar-refractivity contribution is 9.10. The molecule has 0 aliphatic heterocycles. The Balaban J connectivity index is 2.20. The molecule has 19 heavy (non-hydrogen) atoms. The predicted octanol–water partition coefficient (Wildman–Crippen LogP) is 2.78. The number of benzene rings is 1. The van der Waals surface area contributed by atoms with E-state index in [1.165, 1.54) is 0 Å². The maximum absolute atomic E-state index is 6.38. The Morgan fingerprint density at radius 1 is 1.26 bits per heavy atom. The molecule has 2 N–H and O–H groups in total. The number of aryl methyl sites for hydroxylation is 1. The summed E-state index contributed by atoms with van der Waals surface area (Å²) in [6, 6.07) is 9.79. The zero-order valence-corrected chi connectivity index (χ0v) is 12.0. The summed E-state index contributed by atoms with van der Waals surface area (Å²) in [6.07, 6.45) is 3.54. The monoisotopic (exact) mass is 316 g/mol. The molecule has 0 fully saturated rings. The standard InChI is InChI=1S/C14H13BrN4/c1-19-14(11(15)8-18-19)12(16)13-10-5-3-2-4-9(10)6-7-17-13/h2-8,12H,16H2,1H3. The normalized spacial score (nSPS) is 12.8. The van der Waals surface area contributed by atoms with Gasteiger partial charge in [-0.2, -0.15) is 5.10 Å². The second-order valence-corrected chi connectivity index (χ2v) is 5.25. The van der Waals surface area contributed by atoms with E-state index in [-0.39, 0.29) is 6.04 Å². The minimum atomic E-state index is -0.312. The van der Waals surface area contributed by atoms with Crippen LogP contribution >= 0.6 is 15.9 Å². The zero-order chi connectivity index (χ0) is 13.4. The second-order valence-electron chi connectivity index (χ2n) is 4.40. The molecule has 1 aromatic carbocycles. The lowest BCUT2D eigenvalue weighted by Gasteiger charge is -2.14. The van der Waals surface area contributed by atoms with E-state index in [1.807, 2.05) is 31.3 Å². The van der Waals surface area contributed by atoms with Crippen molar-refractivity contribution in [2.24, 2.45) is 12.8 Å². The van der Waals surface area contributed by atoms with Crippen LogP contribution in [0.4, 0.5) is 0 Å². The van der Waals surface area contributed by atoms with E-state index in [2.05, 4.69) is 32.1 Å². The topological polar surface area (TPSA) is 56.7 Å². The van der Waals surface area contributed by atoms with Crippen molar-refractivity contribution in [1.82, 2.24) is 14.8 Å². The third-order valence-electron chi connectivity index (χ3n) is 3.23. The number of fused-ring (bicyclic) bond motifs is 1. The van der Waals surface area contributed by atoms with Crippen molar-refractivity contribution in [2.45, 2.75) is 6.04 Å². The van der Waals surface area contributed by atoms with Gasteiger partial charge in [0.05, 0.1) is 28.1 Å². The van der Waals surface area contributed by atoms with Crippen LogP contribution in [-0.4, -0.2) is 14.8 Å². The molecule has 96 valence electrons. The number of pyridine rings is 1. The maximum Gasteiger partial charge on any atom is 0.0914 e. The number of nitrogens with zero attached hydrogens (tertiary/aromatic N) is 3.